The molecular formula is C20H20N2O. The van der Waals surface area contributed by atoms with Crippen molar-refractivity contribution in [3.05, 3.63) is 70.6 Å². The first-order valence-electron chi connectivity index (χ1n) is 8.28. The van der Waals surface area contributed by atoms with E-state index in [1.165, 1.54) is 23.6 Å². The van der Waals surface area contributed by atoms with Crippen molar-refractivity contribution in [1.82, 2.24) is 10.6 Å². The maximum Gasteiger partial charge on any atom is 0.256 e. The smallest absolute Gasteiger partial charge is 0.256 e. The summed E-state index contributed by atoms with van der Waals surface area (Å²) >= 11 is 0. The van der Waals surface area contributed by atoms with Crippen LogP contribution in [-0.2, 0) is 0 Å². The molecule has 0 radical (unpaired) electrons. The summed E-state index contributed by atoms with van der Waals surface area (Å²) in [4.78, 5) is 12.5. The summed E-state index contributed by atoms with van der Waals surface area (Å²) in [6.45, 7) is 0. The number of carbonyl (C=O) groups excluding carboxylic acids is 1. The molecule has 3 nitrogen and oxygen atoms in total. The molecule has 0 bridgehead atoms. The van der Waals surface area contributed by atoms with Crippen molar-refractivity contribution in [3.63, 3.8) is 0 Å². The molecule has 0 spiro atoms. The molecule has 1 saturated carbocycles. The largest absolute Gasteiger partial charge is 0.365 e. The number of fused-ring (bicyclic) bond motifs is 2. The Kier molecular flexibility index (Phi) is 3.62. The highest BCUT2D eigenvalue weighted by Gasteiger charge is 2.24. The van der Waals surface area contributed by atoms with Gasteiger partial charge in [-0.2, -0.15) is 0 Å². The van der Waals surface area contributed by atoms with Crippen LogP contribution in [0.5, 0.6) is 0 Å². The maximum absolute atomic E-state index is 12.5. The van der Waals surface area contributed by atoms with E-state index in [1.807, 2.05) is 36.4 Å². The number of hydrogen-bond acceptors (Lipinski definition) is 2. The number of amides is 1. The Labute approximate surface area is 135 Å². The molecule has 3 heteroatoms. The molecule has 116 valence electrons. The van der Waals surface area contributed by atoms with Crippen molar-refractivity contribution in [3.8, 4) is 0 Å². The van der Waals surface area contributed by atoms with Crippen LogP contribution in [0.3, 0.4) is 0 Å². The van der Waals surface area contributed by atoms with Crippen LogP contribution in [0.25, 0.3) is 11.4 Å². The van der Waals surface area contributed by atoms with E-state index in [0.717, 1.165) is 23.9 Å². The number of benzene rings is 2. The number of rotatable bonds is 2. The van der Waals surface area contributed by atoms with Gasteiger partial charge in [0.2, 0.25) is 0 Å². The molecule has 1 atom stereocenters. The highest BCUT2D eigenvalue weighted by Crippen LogP contribution is 2.25. The Balaban J connectivity index is 1.78. The topological polar surface area (TPSA) is 41.1 Å². The molecule has 1 aliphatic heterocycles. The van der Waals surface area contributed by atoms with Crippen molar-refractivity contribution < 1.29 is 4.79 Å². The lowest BCUT2D eigenvalue weighted by Crippen LogP contribution is -2.51. The Morgan fingerprint density at radius 2 is 1.70 bits per heavy atom. The molecule has 1 fully saturated rings. The molecule has 2 aromatic carbocycles. The van der Waals surface area contributed by atoms with Gasteiger partial charge < -0.3 is 10.6 Å². The molecule has 2 aromatic rings. The zero-order valence-corrected chi connectivity index (χ0v) is 13.0. The first kappa shape index (κ1) is 14.1. The summed E-state index contributed by atoms with van der Waals surface area (Å²) in [6, 6.07) is 18.1. The maximum atomic E-state index is 12.5. The fraction of sp³-hybridized carbons (Fsp3) is 0.250. The van der Waals surface area contributed by atoms with E-state index in [4.69, 9.17) is 0 Å². The summed E-state index contributed by atoms with van der Waals surface area (Å²) in [5.41, 5.74) is 2.17. The van der Waals surface area contributed by atoms with E-state index in [0.29, 0.717) is 11.6 Å². The Morgan fingerprint density at radius 3 is 2.52 bits per heavy atom. The average molecular weight is 304 g/mol. The molecule has 1 amide bonds. The second-order valence-corrected chi connectivity index (χ2v) is 6.21. The van der Waals surface area contributed by atoms with Crippen molar-refractivity contribution >= 4 is 17.3 Å². The quantitative estimate of drug-likeness (QED) is 0.889. The minimum atomic E-state index is -0.0674. The predicted octanol–water partition coefficient (Wildman–Crippen LogP) is 1.88. The van der Waals surface area contributed by atoms with Crippen LogP contribution in [0.1, 0.15) is 36.0 Å². The third-order valence-electron chi connectivity index (χ3n) is 4.74. The van der Waals surface area contributed by atoms with Crippen LogP contribution in [0.15, 0.2) is 54.6 Å². The first-order valence-corrected chi connectivity index (χ1v) is 8.28. The van der Waals surface area contributed by atoms with Gasteiger partial charge in [0, 0.05) is 16.8 Å². The number of hydrogen-bond donors (Lipinski definition) is 2. The molecule has 1 aliphatic carbocycles. The van der Waals surface area contributed by atoms with E-state index in [1.54, 1.807) is 0 Å². The molecule has 0 saturated heterocycles. The SMILES string of the molecule is O=C(NC1=c2ccccc2=C2CCCCC2N1)c1ccccc1. The highest BCUT2D eigenvalue weighted by atomic mass is 16.1. The van der Waals surface area contributed by atoms with E-state index in [9.17, 15) is 4.79 Å². The van der Waals surface area contributed by atoms with Gasteiger partial charge in [-0.15, -0.1) is 0 Å². The predicted molar refractivity (Wildman–Crippen MR) is 91.8 cm³/mol. The molecule has 4 rings (SSSR count). The number of nitrogens with one attached hydrogen (secondary N) is 2. The van der Waals surface area contributed by atoms with Gasteiger partial charge >= 0.3 is 0 Å². The van der Waals surface area contributed by atoms with Crippen molar-refractivity contribution in [2.45, 2.75) is 31.7 Å². The standard InChI is InChI=1S/C20H20N2O/c23-20(14-8-2-1-3-9-14)22-19-17-12-5-4-10-15(17)16-11-6-7-13-18(16)21-19/h1-5,8-10,12,18,21H,6-7,11,13H2,(H,22,23). The van der Waals surface area contributed by atoms with Crippen LogP contribution in [0, 0.1) is 0 Å². The van der Waals surface area contributed by atoms with Crippen molar-refractivity contribution in [2.24, 2.45) is 0 Å². The van der Waals surface area contributed by atoms with Crippen LogP contribution >= 0.6 is 0 Å². The van der Waals surface area contributed by atoms with Gasteiger partial charge in [0.25, 0.3) is 5.91 Å². The Morgan fingerprint density at radius 1 is 0.957 bits per heavy atom. The van der Waals surface area contributed by atoms with Gasteiger partial charge in [0.1, 0.15) is 5.82 Å². The molecule has 1 heterocycles. The summed E-state index contributed by atoms with van der Waals surface area (Å²) in [6.07, 6.45) is 4.78. The number of carbonyl (C=O) groups is 1. The van der Waals surface area contributed by atoms with Gasteiger partial charge in [-0.25, -0.2) is 0 Å². The third-order valence-corrected chi connectivity index (χ3v) is 4.74. The van der Waals surface area contributed by atoms with E-state index >= 15 is 0 Å². The molecule has 1 unspecified atom stereocenters. The zero-order chi connectivity index (χ0) is 15.6. The summed E-state index contributed by atoms with van der Waals surface area (Å²) in [5.74, 6) is 0.771. The van der Waals surface area contributed by atoms with Crippen LogP contribution in [0.2, 0.25) is 0 Å². The first-order chi connectivity index (χ1) is 11.3. The summed E-state index contributed by atoms with van der Waals surface area (Å²) < 4.78 is 0. The van der Waals surface area contributed by atoms with Gasteiger partial charge in [0.15, 0.2) is 0 Å². The van der Waals surface area contributed by atoms with Gasteiger partial charge in [0.05, 0.1) is 0 Å². The highest BCUT2D eigenvalue weighted by molar-refractivity contribution is 5.97. The van der Waals surface area contributed by atoms with Crippen molar-refractivity contribution in [1.29, 1.82) is 0 Å². The fourth-order valence-corrected chi connectivity index (χ4v) is 3.61. The second kappa shape index (κ2) is 5.92. The molecular weight excluding hydrogens is 284 g/mol. The summed E-state index contributed by atoms with van der Waals surface area (Å²) in [7, 11) is 0. The fourth-order valence-electron chi connectivity index (χ4n) is 3.61. The van der Waals surface area contributed by atoms with Crippen LogP contribution < -0.4 is 21.1 Å². The van der Waals surface area contributed by atoms with Gasteiger partial charge in [-0.05, 0) is 42.2 Å². The van der Waals surface area contributed by atoms with Crippen LogP contribution in [-0.4, -0.2) is 11.9 Å². The monoisotopic (exact) mass is 304 g/mol. The van der Waals surface area contributed by atoms with E-state index in [-0.39, 0.29) is 5.91 Å². The lowest BCUT2D eigenvalue weighted by atomic mass is 9.86. The lowest BCUT2D eigenvalue weighted by molar-refractivity contribution is 0.0971. The Bertz CT molecular complexity index is 855. The van der Waals surface area contributed by atoms with E-state index < -0.39 is 0 Å². The van der Waals surface area contributed by atoms with Gasteiger partial charge in [-0.1, -0.05) is 48.9 Å². The molecule has 0 aromatic heterocycles. The normalized spacial score (nSPS) is 19.4. The third kappa shape index (κ3) is 2.63. The second-order valence-electron chi connectivity index (χ2n) is 6.21. The van der Waals surface area contributed by atoms with Crippen LogP contribution in [0.4, 0.5) is 0 Å². The average Bonchev–Trinajstić information content (AvgIpc) is 2.62. The van der Waals surface area contributed by atoms with E-state index in [2.05, 4.69) is 28.8 Å². The summed E-state index contributed by atoms with van der Waals surface area (Å²) in [5, 5.41) is 9.03. The van der Waals surface area contributed by atoms with Gasteiger partial charge in [-0.3, -0.25) is 4.79 Å². The molecule has 2 N–H and O–H groups in total. The zero-order valence-electron chi connectivity index (χ0n) is 13.0. The lowest BCUT2D eigenvalue weighted by Gasteiger charge is -2.32. The Hall–Kier alpha value is -2.55. The minimum Gasteiger partial charge on any atom is -0.365 e. The molecule has 2 aliphatic rings. The van der Waals surface area contributed by atoms with Crippen molar-refractivity contribution in [2.75, 3.05) is 0 Å². The minimum absolute atomic E-state index is 0.0674. The molecule has 23 heavy (non-hydrogen) atoms.